The first-order valence-corrected chi connectivity index (χ1v) is 7.92. The zero-order valence-corrected chi connectivity index (χ0v) is 13.9. The molecule has 0 saturated heterocycles. The van der Waals surface area contributed by atoms with Gasteiger partial charge < -0.3 is 14.8 Å². The molecule has 0 unspecified atom stereocenters. The third-order valence-corrected chi connectivity index (χ3v) is 4.20. The third kappa shape index (κ3) is 3.67. The van der Waals surface area contributed by atoms with E-state index in [2.05, 4.69) is 5.32 Å². The zero-order chi connectivity index (χ0) is 17.1. The van der Waals surface area contributed by atoms with Crippen molar-refractivity contribution in [3.05, 3.63) is 68.2 Å². The molecule has 0 spiro atoms. The van der Waals surface area contributed by atoms with Gasteiger partial charge in [0.2, 0.25) is 0 Å². The summed E-state index contributed by atoms with van der Waals surface area (Å²) < 4.78 is 10.8. The highest BCUT2D eigenvalue weighted by Gasteiger charge is 2.21. The second-order valence-electron chi connectivity index (χ2n) is 5.62. The van der Waals surface area contributed by atoms with Crippen LogP contribution in [0.3, 0.4) is 0 Å². The molecule has 0 aromatic heterocycles. The van der Waals surface area contributed by atoms with E-state index in [9.17, 15) is 10.1 Å². The van der Waals surface area contributed by atoms with E-state index in [0.29, 0.717) is 29.5 Å². The van der Waals surface area contributed by atoms with Crippen LogP contribution in [0.4, 0.5) is 5.69 Å². The highest BCUT2D eigenvalue weighted by atomic mass is 35.5. The molecule has 0 radical (unpaired) electrons. The summed E-state index contributed by atoms with van der Waals surface area (Å²) in [6, 6.07) is 10.7. The zero-order valence-electron chi connectivity index (χ0n) is 13.1. The van der Waals surface area contributed by atoms with Crippen LogP contribution in [-0.4, -0.2) is 11.7 Å². The standard InChI is InChI=1S/C17H17ClN2O4/c1-11(12-2-4-15(18)5-3-12)19-8-13-6-16(20(21)22)7-14-9-23-10-24-17(13)14/h2-7,11,19H,8-10H2,1H3/t11-/m1/s1. The number of fused-ring (bicyclic) bond motifs is 1. The van der Waals surface area contributed by atoms with Crippen LogP contribution in [0.1, 0.15) is 29.7 Å². The second kappa shape index (κ2) is 7.17. The Morgan fingerprint density at radius 1 is 1.33 bits per heavy atom. The molecule has 3 rings (SSSR count). The monoisotopic (exact) mass is 348 g/mol. The van der Waals surface area contributed by atoms with E-state index in [4.69, 9.17) is 21.1 Å². The minimum absolute atomic E-state index is 0.0406. The van der Waals surface area contributed by atoms with Crippen molar-refractivity contribution in [3.63, 3.8) is 0 Å². The van der Waals surface area contributed by atoms with Crippen LogP contribution in [0.5, 0.6) is 5.75 Å². The Balaban J connectivity index is 1.80. The van der Waals surface area contributed by atoms with E-state index < -0.39 is 4.92 Å². The molecule has 126 valence electrons. The maximum Gasteiger partial charge on any atom is 0.270 e. The Morgan fingerprint density at radius 2 is 2.08 bits per heavy atom. The lowest BCUT2D eigenvalue weighted by Gasteiger charge is -2.22. The quantitative estimate of drug-likeness (QED) is 0.653. The molecule has 0 fully saturated rings. The number of non-ortho nitro benzene ring substituents is 1. The van der Waals surface area contributed by atoms with E-state index in [-0.39, 0.29) is 18.5 Å². The highest BCUT2D eigenvalue weighted by molar-refractivity contribution is 6.30. The SMILES string of the molecule is C[C@@H](NCc1cc([N+](=O)[O-])cc2c1OCOC2)c1ccc(Cl)cc1. The van der Waals surface area contributed by atoms with Crippen molar-refractivity contribution in [3.8, 4) is 5.75 Å². The van der Waals surface area contributed by atoms with Gasteiger partial charge in [0.05, 0.1) is 11.5 Å². The van der Waals surface area contributed by atoms with Gasteiger partial charge in [0, 0.05) is 40.9 Å². The Bertz CT molecular complexity index is 749. The maximum atomic E-state index is 11.1. The minimum atomic E-state index is -0.402. The number of nitro benzene ring substituents is 1. The molecule has 7 heteroatoms. The summed E-state index contributed by atoms with van der Waals surface area (Å²) >= 11 is 5.90. The van der Waals surface area contributed by atoms with Gasteiger partial charge in [0.1, 0.15) is 5.75 Å². The topological polar surface area (TPSA) is 73.6 Å². The smallest absolute Gasteiger partial charge is 0.270 e. The number of nitrogens with one attached hydrogen (secondary N) is 1. The first-order valence-electron chi connectivity index (χ1n) is 7.54. The van der Waals surface area contributed by atoms with Crippen LogP contribution >= 0.6 is 11.6 Å². The number of rotatable bonds is 5. The van der Waals surface area contributed by atoms with Crippen LogP contribution in [-0.2, 0) is 17.9 Å². The molecule has 0 amide bonds. The Hall–Kier alpha value is -2.15. The molecule has 2 aromatic carbocycles. The molecule has 1 N–H and O–H groups in total. The van der Waals surface area contributed by atoms with Gasteiger partial charge in [0.25, 0.3) is 5.69 Å². The molecule has 24 heavy (non-hydrogen) atoms. The molecule has 0 saturated carbocycles. The Kier molecular flexibility index (Phi) is 4.99. The first-order chi connectivity index (χ1) is 11.5. The molecule has 0 bridgehead atoms. The molecule has 1 aliphatic rings. The summed E-state index contributed by atoms with van der Waals surface area (Å²) in [5.74, 6) is 0.669. The average molecular weight is 349 g/mol. The summed E-state index contributed by atoms with van der Waals surface area (Å²) in [6.07, 6.45) is 0. The van der Waals surface area contributed by atoms with Crippen molar-refractivity contribution in [2.45, 2.75) is 26.1 Å². The van der Waals surface area contributed by atoms with Gasteiger partial charge >= 0.3 is 0 Å². The summed E-state index contributed by atoms with van der Waals surface area (Å²) in [5.41, 5.74) is 2.58. The average Bonchev–Trinajstić information content (AvgIpc) is 2.59. The lowest BCUT2D eigenvalue weighted by atomic mass is 10.1. The number of benzene rings is 2. The third-order valence-electron chi connectivity index (χ3n) is 3.95. The minimum Gasteiger partial charge on any atom is -0.467 e. The van der Waals surface area contributed by atoms with Crippen LogP contribution < -0.4 is 10.1 Å². The van der Waals surface area contributed by atoms with Crippen molar-refractivity contribution in [1.82, 2.24) is 5.32 Å². The van der Waals surface area contributed by atoms with Crippen LogP contribution in [0.15, 0.2) is 36.4 Å². The predicted molar refractivity (Wildman–Crippen MR) is 90.1 cm³/mol. The van der Waals surface area contributed by atoms with Crippen molar-refractivity contribution in [2.24, 2.45) is 0 Å². The molecule has 1 atom stereocenters. The molecule has 2 aromatic rings. The fraction of sp³-hybridized carbons (Fsp3) is 0.294. The van der Waals surface area contributed by atoms with Gasteiger partial charge in [-0.15, -0.1) is 0 Å². The predicted octanol–water partition coefficient (Wildman–Crippen LogP) is 3.97. The van der Waals surface area contributed by atoms with Gasteiger partial charge in [-0.1, -0.05) is 23.7 Å². The highest BCUT2D eigenvalue weighted by Crippen LogP contribution is 2.33. The van der Waals surface area contributed by atoms with Crippen molar-refractivity contribution >= 4 is 17.3 Å². The molecule has 6 nitrogen and oxygen atoms in total. The number of nitrogens with zero attached hydrogens (tertiary/aromatic N) is 1. The number of hydrogen-bond acceptors (Lipinski definition) is 5. The fourth-order valence-electron chi connectivity index (χ4n) is 2.65. The van der Waals surface area contributed by atoms with Gasteiger partial charge in [-0.3, -0.25) is 10.1 Å². The van der Waals surface area contributed by atoms with E-state index in [1.807, 2.05) is 31.2 Å². The Morgan fingerprint density at radius 3 is 2.79 bits per heavy atom. The lowest BCUT2D eigenvalue weighted by Crippen LogP contribution is -2.20. The van der Waals surface area contributed by atoms with Crippen molar-refractivity contribution in [2.75, 3.05) is 6.79 Å². The van der Waals surface area contributed by atoms with Crippen molar-refractivity contribution < 1.29 is 14.4 Å². The molecular formula is C17H17ClN2O4. The van der Waals surface area contributed by atoms with Crippen molar-refractivity contribution in [1.29, 1.82) is 0 Å². The van der Waals surface area contributed by atoms with Crippen LogP contribution in [0.25, 0.3) is 0 Å². The Labute approximate surface area is 144 Å². The summed E-state index contributed by atoms with van der Waals surface area (Å²) in [6.45, 7) is 2.95. The summed E-state index contributed by atoms with van der Waals surface area (Å²) in [4.78, 5) is 10.7. The van der Waals surface area contributed by atoms with Crippen LogP contribution in [0.2, 0.25) is 5.02 Å². The summed E-state index contributed by atoms with van der Waals surface area (Å²) in [7, 11) is 0. The van der Waals surface area contributed by atoms with E-state index in [0.717, 1.165) is 11.1 Å². The number of nitro groups is 1. The van der Waals surface area contributed by atoms with E-state index >= 15 is 0 Å². The van der Waals surface area contributed by atoms with Gasteiger partial charge in [0.15, 0.2) is 6.79 Å². The maximum absolute atomic E-state index is 11.1. The van der Waals surface area contributed by atoms with Gasteiger partial charge in [-0.2, -0.15) is 0 Å². The lowest BCUT2D eigenvalue weighted by molar-refractivity contribution is -0.385. The number of hydrogen-bond donors (Lipinski definition) is 1. The molecule has 1 aliphatic heterocycles. The fourth-order valence-corrected chi connectivity index (χ4v) is 2.78. The second-order valence-corrected chi connectivity index (χ2v) is 6.05. The largest absolute Gasteiger partial charge is 0.467 e. The van der Waals surface area contributed by atoms with Gasteiger partial charge in [-0.05, 0) is 24.6 Å². The van der Waals surface area contributed by atoms with Gasteiger partial charge in [-0.25, -0.2) is 0 Å². The molecular weight excluding hydrogens is 332 g/mol. The summed E-state index contributed by atoms with van der Waals surface area (Å²) in [5, 5.41) is 15.2. The normalized spacial score (nSPS) is 14.6. The number of ether oxygens (including phenoxy) is 2. The molecule has 0 aliphatic carbocycles. The van der Waals surface area contributed by atoms with E-state index in [1.165, 1.54) is 6.07 Å². The molecule has 1 heterocycles. The number of halogens is 1. The van der Waals surface area contributed by atoms with E-state index in [1.54, 1.807) is 6.07 Å². The van der Waals surface area contributed by atoms with Crippen LogP contribution in [0, 0.1) is 10.1 Å². The first kappa shape index (κ1) is 16.7.